The Kier molecular flexibility index (Phi) is 5.80. The lowest BCUT2D eigenvalue weighted by atomic mass is 9.92. The lowest BCUT2D eigenvalue weighted by Crippen LogP contribution is -2.19. The number of pyridine rings is 3. The minimum Gasteiger partial charge on any atom is -0.353 e. The molecule has 0 saturated carbocycles. The molecule has 1 amide bonds. The number of aromatic nitrogens is 6. The van der Waals surface area contributed by atoms with E-state index in [9.17, 15) is 4.79 Å². The smallest absolute Gasteiger partial charge is 0.224 e. The Morgan fingerprint density at radius 1 is 0.974 bits per heavy atom. The quantitative estimate of drug-likeness (QED) is 0.227. The fourth-order valence-electron chi connectivity index (χ4n) is 4.55. The monoisotopic (exact) mass is 521 g/mol. The topological polar surface area (TPSA) is 112 Å². The van der Waals surface area contributed by atoms with Gasteiger partial charge in [0.05, 0.1) is 45.6 Å². The third-order valence-corrected chi connectivity index (χ3v) is 7.24. The molecule has 0 fully saturated rings. The Hall–Kier alpha value is -4.37. The first-order valence-corrected chi connectivity index (χ1v) is 13.2. The fourth-order valence-corrected chi connectivity index (χ4v) is 5.43. The van der Waals surface area contributed by atoms with Gasteiger partial charge in [-0.1, -0.05) is 20.8 Å². The highest BCUT2D eigenvalue weighted by Gasteiger charge is 2.18. The van der Waals surface area contributed by atoms with Crippen LogP contribution in [0, 0.1) is 12.3 Å². The van der Waals surface area contributed by atoms with Crippen molar-refractivity contribution in [2.45, 2.75) is 34.1 Å². The molecule has 0 aliphatic carbocycles. The summed E-state index contributed by atoms with van der Waals surface area (Å²) in [6.45, 7) is 8.22. The first-order valence-electron chi connectivity index (χ1n) is 12.4. The molecule has 0 aromatic carbocycles. The second-order valence-corrected chi connectivity index (χ2v) is 11.9. The van der Waals surface area contributed by atoms with Gasteiger partial charge >= 0.3 is 0 Å². The van der Waals surface area contributed by atoms with Crippen LogP contribution < -0.4 is 5.32 Å². The number of H-pyrrole nitrogens is 2. The molecular formula is C29H27N7OS. The van der Waals surface area contributed by atoms with E-state index in [1.165, 1.54) is 4.88 Å². The second-order valence-electron chi connectivity index (χ2n) is 10.6. The molecule has 0 aliphatic heterocycles. The summed E-state index contributed by atoms with van der Waals surface area (Å²) in [7, 11) is 0. The zero-order valence-corrected chi connectivity index (χ0v) is 22.4. The zero-order chi connectivity index (χ0) is 26.4. The minimum absolute atomic E-state index is 0.0395. The van der Waals surface area contributed by atoms with Crippen LogP contribution in [0.4, 0.5) is 5.69 Å². The number of aromatic amines is 2. The zero-order valence-electron chi connectivity index (χ0n) is 21.6. The first kappa shape index (κ1) is 24.0. The van der Waals surface area contributed by atoms with Crippen molar-refractivity contribution < 1.29 is 4.79 Å². The summed E-state index contributed by atoms with van der Waals surface area (Å²) in [6.07, 6.45) is 7.43. The van der Waals surface area contributed by atoms with E-state index in [4.69, 9.17) is 0 Å². The average molecular weight is 522 g/mol. The number of anilines is 1. The van der Waals surface area contributed by atoms with E-state index in [2.05, 4.69) is 60.6 Å². The molecular weight excluding hydrogens is 494 g/mol. The molecule has 3 N–H and O–H groups in total. The Labute approximate surface area is 223 Å². The molecule has 9 heteroatoms. The first-order chi connectivity index (χ1) is 18.2. The van der Waals surface area contributed by atoms with E-state index < -0.39 is 0 Å². The van der Waals surface area contributed by atoms with Crippen molar-refractivity contribution in [3.8, 4) is 33.2 Å². The molecule has 0 spiro atoms. The Morgan fingerprint density at radius 3 is 2.61 bits per heavy atom. The van der Waals surface area contributed by atoms with Crippen molar-refractivity contribution >= 4 is 44.7 Å². The number of fused-ring (bicyclic) bond motifs is 2. The molecule has 8 nitrogen and oxygen atoms in total. The van der Waals surface area contributed by atoms with Crippen LogP contribution in [0.2, 0.25) is 0 Å². The van der Waals surface area contributed by atoms with Gasteiger partial charge in [0, 0.05) is 45.5 Å². The van der Waals surface area contributed by atoms with E-state index in [1.807, 2.05) is 45.2 Å². The van der Waals surface area contributed by atoms with Crippen LogP contribution >= 0.6 is 11.3 Å². The van der Waals surface area contributed by atoms with Crippen molar-refractivity contribution in [2.75, 3.05) is 5.32 Å². The fraction of sp³-hybridized carbons (Fsp3) is 0.207. The van der Waals surface area contributed by atoms with Gasteiger partial charge in [0.25, 0.3) is 0 Å². The van der Waals surface area contributed by atoms with Crippen molar-refractivity contribution in [3.05, 3.63) is 66.1 Å². The van der Waals surface area contributed by atoms with E-state index in [-0.39, 0.29) is 11.3 Å². The van der Waals surface area contributed by atoms with Gasteiger partial charge in [-0.25, -0.2) is 0 Å². The van der Waals surface area contributed by atoms with E-state index in [0.29, 0.717) is 12.1 Å². The molecule has 6 aromatic rings. The molecule has 6 aromatic heterocycles. The second kappa shape index (κ2) is 9.18. The van der Waals surface area contributed by atoms with Crippen LogP contribution in [0.5, 0.6) is 0 Å². The summed E-state index contributed by atoms with van der Waals surface area (Å²) >= 11 is 1.73. The molecule has 0 unspecified atom stereocenters. The molecule has 0 aliphatic rings. The number of hydrogen-bond acceptors (Lipinski definition) is 6. The highest BCUT2D eigenvalue weighted by Crippen LogP contribution is 2.36. The maximum Gasteiger partial charge on any atom is 0.224 e. The van der Waals surface area contributed by atoms with Crippen LogP contribution in [0.15, 0.2) is 61.2 Å². The number of hydrogen-bond donors (Lipinski definition) is 3. The summed E-state index contributed by atoms with van der Waals surface area (Å²) < 4.78 is 0. The number of nitrogens with zero attached hydrogens (tertiary/aromatic N) is 4. The van der Waals surface area contributed by atoms with Crippen molar-refractivity contribution in [1.29, 1.82) is 0 Å². The summed E-state index contributed by atoms with van der Waals surface area (Å²) in [5, 5.41) is 12.7. The van der Waals surface area contributed by atoms with Gasteiger partial charge in [-0.05, 0) is 48.7 Å². The van der Waals surface area contributed by atoms with Gasteiger partial charge < -0.3 is 10.3 Å². The maximum absolute atomic E-state index is 12.4. The number of nitrogens with one attached hydrogen (secondary N) is 3. The van der Waals surface area contributed by atoms with Gasteiger partial charge in [0.1, 0.15) is 5.69 Å². The van der Waals surface area contributed by atoms with Gasteiger partial charge in [-0.2, -0.15) is 5.10 Å². The highest BCUT2D eigenvalue weighted by atomic mass is 32.1. The molecule has 0 bridgehead atoms. The third-order valence-electron chi connectivity index (χ3n) is 6.23. The number of carbonyl (C=O) groups is 1. The predicted octanol–water partition coefficient (Wildman–Crippen LogP) is 6.97. The van der Waals surface area contributed by atoms with Crippen molar-refractivity contribution in [2.24, 2.45) is 5.41 Å². The standard InChI is InChI=1S/C29H27N7OS/c1-16-5-6-25(38-16)28-19-11-23(34-21(19)7-8-31-28)27-20-10-22(32-15-24(20)35-36-27)17-9-18(14-30-13-17)33-26(37)12-29(2,3)4/h5-11,13-15,34H,12H2,1-4H3,(H,33,37)(H,35,36). The van der Waals surface area contributed by atoms with Crippen LogP contribution in [0.25, 0.3) is 55.0 Å². The molecule has 0 radical (unpaired) electrons. The molecule has 0 atom stereocenters. The van der Waals surface area contributed by atoms with E-state index >= 15 is 0 Å². The van der Waals surface area contributed by atoms with Gasteiger partial charge in [0.2, 0.25) is 5.91 Å². The molecule has 190 valence electrons. The summed E-state index contributed by atoms with van der Waals surface area (Å²) in [5.41, 5.74) is 6.59. The van der Waals surface area contributed by atoms with Crippen LogP contribution in [0.1, 0.15) is 32.1 Å². The van der Waals surface area contributed by atoms with Crippen LogP contribution in [0.3, 0.4) is 0 Å². The Morgan fingerprint density at radius 2 is 1.82 bits per heavy atom. The number of amides is 1. The largest absolute Gasteiger partial charge is 0.353 e. The molecule has 6 rings (SSSR count). The number of aryl methyl sites for hydroxylation is 1. The van der Waals surface area contributed by atoms with E-state index in [0.717, 1.165) is 55.0 Å². The Balaban J connectivity index is 1.36. The summed E-state index contributed by atoms with van der Waals surface area (Å²) in [5.74, 6) is -0.0395. The van der Waals surface area contributed by atoms with Crippen molar-refractivity contribution in [3.63, 3.8) is 0 Å². The predicted molar refractivity (Wildman–Crippen MR) is 153 cm³/mol. The number of rotatable bonds is 5. The summed E-state index contributed by atoms with van der Waals surface area (Å²) in [6, 6.07) is 12.2. The minimum atomic E-state index is -0.0957. The molecule has 0 saturated heterocycles. The lowest BCUT2D eigenvalue weighted by molar-refractivity contribution is -0.117. The van der Waals surface area contributed by atoms with Gasteiger partial charge in [-0.15, -0.1) is 11.3 Å². The molecule has 6 heterocycles. The summed E-state index contributed by atoms with van der Waals surface area (Å²) in [4.78, 5) is 32.0. The SMILES string of the molecule is Cc1ccc(-c2nccc3[nH]c(-c4n[nH]c5cnc(-c6cncc(NC(=O)CC(C)(C)C)c6)cc45)cc23)s1. The molecule has 38 heavy (non-hydrogen) atoms. The van der Waals surface area contributed by atoms with Gasteiger partial charge in [0.15, 0.2) is 0 Å². The normalized spacial score (nSPS) is 11.9. The maximum atomic E-state index is 12.4. The third kappa shape index (κ3) is 4.68. The van der Waals surface area contributed by atoms with Crippen LogP contribution in [-0.2, 0) is 4.79 Å². The van der Waals surface area contributed by atoms with Crippen molar-refractivity contribution in [1.82, 2.24) is 30.1 Å². The Bertz CT molecular complexity index is 1800. The highest BCUT2D eigenvalue weighted by molar-refractivity contribution is 7.15. The average Bonchev–Trinajstić information content (AvgIpc) is 3.60. The number of thiophene rings is 1. The van der Waals surface area contributed by atoms with Gasteiger partial charge in [-0.3, -0.25) is 24.8 Å². The van der Waals surface area contributed by atoms with E-state index in [1.54, 1.807) is 29.9 Å². The van der Waals surface area contributed by atoms with Crippen LogP contribution in [-0.4, -0.2) is 36.0 Å². The number of carbonyl (C=O) groups excluding carboxylic acids is 1. The lowest BCUT2D eigenvalue weighted by Gasteiger charge is -2.17.